The summed E-state index contributed by atoms with van der Waals surface area (Å²) in [6, 6.07) is 5.40. The van der Waals surface area contributed by atoms with Crippen LogP contribution in [0.2, 0.25) is 0 Å². The Balaban J connectivity index is 1.70. The van der Waals surface area contributed by atoms with Crippen molar-refractivity contribution < 1.29 is 4.79 Å². The Bertz CT molecular complexity index is 811. The zero-order valence-electron chi connectivity index (χ0n) is 12.7. The average Bonchev–Trinajstić information content (AvgIpc) is 3.13. The van der Waals surface area contributed by atoms with Gasteiger partial charge in [-0.05, 0) is 26.0 Å². The van der Waals surface area contributed by atoms with Crippen molar-refractivity contribution in [1.82, 2.24) is 29.3 Å². The van der Waals surface area contributed by atoms with E-state index in [1.165, 1.54) is 0 Å². The second-order valence-electron chi connectivity index (χ2n) is 5.14. The third-order valence-electron chi connectivity index (χ3n) is 3.21. The van der Waals surface area contributed by atoms with Crippen molar-refractivity contribution in [1.29, 1.82) is 0 Å². The molecule has 0 atom stereocenters. The Kier molecular flexibility index (Phi) is 3.50. The van der Waals surface area contributed by atoms with E-state index in [4.69, 9.17) is 0 Å². The zero-order valence-corrected chi connectivity index (χ0v) is 12.7. The highest BCUT2D eigenvalue weighted by Crippen LogP contribution is 2.06. The van der Waals surface area contributed by atoms with E-state index in [0.717, 1.165) is 11.4 Å². The second kappa shape index (κ2) is 5.47. The Morgan fingerprint density at radius 1 is 1.18 bits per heavy atom. The maximum atomic E-state index is 12.1. The number of nitrogens with zero attached hydrogens (tertiary/aromatic N) is 6. The van der Waals surface area contributed by atoms with E-state index in [9.17, 15) is 4.79 Å². The number of carbonyl (C=O) groups excluding carboxylic acids is 1. The fraction of sp³-hybridized carbons (Fsp3) is 0.286. The van der Waals surface area contributed by atoms with Gasteiger partial charge in [0, 0.05) is 31.2 Å². The van der Waals surface area contributed by atoms with Crippen molar-refractivity contribution >= 4 is 11.7 Å². The van der Waals surface area contributed by atoms with Gasteiger partial charge in [-0.15, -0.1) is 0 Å². The summed E-state index contributed by atoms with van der Waals surface area (Å²) in [7, 11) is 1.79. The number of amides is 1. The summed E-state index contributed by atoms with van der Waals surface area (Å²) >= 11 is 0. The molecule has 8 nitrogen and oxygen atoms in total. The lowest BCUT2D eigenvalue weighted by Crippen LogP contribution is -2.16. The van der Waals surface area contributed by atoms with E-state index in [2.05, 4.69) is 20.6 Å². The Morgan fingerprint density at radius 3 is 2.64 bits per heavy atom. The standard InChI is InChI=1S/C14H17N7O/c1-10-8-11(2)21(16-10)9-20-7-4-12(17-20)14(22)15-13-5-6-19(3)18-13/h4-8H,9H2,1-3H3,(H,15,18,22). The number of nitrogens with one attached hydrogen (secondary N) is 1. The van der Waals surface area contributed by atoms with Crippen LogP contribution in [0.4, 0.5) is 5.82 Å². The van der Waals surface area contributed by atoms with Crippen LogP contribution < -0.4 is 5.32 Å². The molecule has 114 valence electrons. The first kappa shape index (κ1) is 14.1. The molecule has 1 amide bonds. The molecule has 8 heteroatoms. The predicted octanol–water partition coefficient (Wildman–Crippen LogP) is 1.19. The van der Waals surface area contributed by atoms with Gasteiger partial charge in [0.1, 0.15) is 6.67 Å². The van der Waals surface area contributed by atoms with Crippen LogP contribution in [0.3, 0.4) is 0 Å². The van der Waals surface area contributed by atoms with Gasteiger partial charge < -0.3 is 5.32 Å². The molecular formula is C14H17N7O. The SMILES string of the molecule is Cc1cc(C)n(Cn2ccc(C(=O)Nc3ccn(C)n3)n2)n1. The van der Waals surface area contributed by atoms with Gasteiger partial charge in [-0.1, -0.05) is 0 Å². The van der Waals surface area contributed by atoms with Crippen LogP contribution in [0.15, 0.2) is 30.6 Å². The fourth-order valence-corrected chi connectivity index (χ4v) is 2.18. The smallest absolute Gasteiger partial charge is 0.277 e. The van der Waals surface area contributed by atoms with Crippen molar-refractivity contribution in [3.05, 3.63) is 47.7 Å². The normalized spacial score (nSPS) is 10.9. The number of aromatic nitrogens is 6. The van der Waals surface area contributed by atoms with E-state index >= 15 is 0 Å². The van der Waals surface area contributed by atoms with Crippen molar-refractivity contribution in [2.24, 2.45) is 7.05 Å². The third-order valence-corrected chi connectivity index (χ3v) is 3.21. The lowest BCUT2D eigenvalue weighted by molar-refractivity contribution is 0.102. The van der Waals surface area contributed by atoms with Crippen LogP contribution in [-0.2, 0) is 13.7 Å². The summed E-state index contributed by atoms with van der Waals surface area (Å²) in [5.74, 6) is 0.214. The van der Waals surface area contributed by atoms with Crippen LogP contribution in [0, 0.1) is 13.8 Å². The summed E-state index contributed by atoms with van der Waals surface area (Å²) < 4.78 is 5.13. The van der Waals surface area contributed by atoms with Crippen LogP contribution in [0.1, 0.15) is 21.9 Å². The summed E-state index contributed by atoms with van der Waals surface area (Å²) in [6.45, 7) is 4.40. The van der Waals surface area contributed by atoms with Gasteiger partial charge in [0.2, 0.25) is 0 Å². The lowest BCUT2D eigenvalue weighted by Gasteiger charge is -2.04. The van der Waals surface area contributed by atoms with Gasteiger partial charge >= 0.3 is 0 Å². The second-order valence-corrected chi connectivity index (χ2v) is 5.14. The van der Waals surface area contributed by atoms with Crippen molar-refractivity contribution in [2.45, 2.75) is 20.5 Å². The van der Waals surface area contributed by atoms with E-state index in [0.29, 0.717) is 18.2 Å². The van der Waals surface area contributed by atoms with Crippen molar-refractivity contribution in [3.63, 3.8) is 0 Å². The first-order valence-corrected chi connectivity index (χ1v) is 6.87. The minimum Gasteiger partial charge on any atom is -0.304 e. The molecule has 0 bridgehead atoms. The maximum Gasteiger partial charge on any atom is 0.277 e. The average molecular weight is 299 g/mol. The molecule has 3 aromatic heterocycles. The van der Waals surface area contributed by atoms with E-state index in [-0.39, 0.29) is 5.91 Å². The lowest BCUT2D eigenvalue weighted by atomic mass is 10.4. The topological polar surface area (TPSA) is 82.6 Å². The zero-order chi connectivity index (χ0) is 15.7. The molecule has 0 saturated carbocycles. The fourth-order valence-electron chi connectivity index (χ4n) is 2.18. The minimum atomic E-state index is -0.286. The highest BCUT2D eigenvalue weighted by atomic mass is 16.2. The van der Waals surface area contributed by atoms with E-state index < -0.39 is 0 Å². The molecule has 3 rings (SSSR count). The van der Waals surface area contributed by atoms with Crippen LogP contribution in [0.5, 0.6) is 0 Å². The van der Waals surface area contributed by atoms with E-state index in [1.54, 1.807) is 40.9 Å². The molecule has 1 N–H and O–H groups in total. The Hall–Kier alpha value is -2.90. The molecule has 0 aliphatic rings. The largest absolute Gasteiger partial charge is 0.304 e. The molecule has 0 saturated heterocycles. The van der Waals surface area contributed by atoms with Crippen LogP contribution >= 0.6 is 0 Å². The molecule has 0 aromatic carbocycles. The van der Waals surface area contributed by atoms with E-state index in [1.807, 2.05) is 24.6 Å². The predicted molar refractivity (Wildman–Crippen MR) is 80.5 cm³/mol. The summed E-state index contributed by atoms with van der Waals surface area (Å²) in [6.07, 6.45) is 3.51. The molecular weight excluding hydrogens is 282 g/mol. The summed E-state index contributed by atoms with van der Waals surface area (Å²) in [4.78, 5) is 12.1. The monoisotopic (exact) mass is 299 g/mol. The Labute approximate surface area is 127 Å². The quantitative estimate of drug-likeness (QED) is 0.784. The maximum absolute atomic E-state index is 12.1. The number of carbonyl (C=O) groups is 1. The summed E-state index contributed by atoms with van der Waals surface area (Å²) in [5, 5.41) is 15.4. The first-order chi connectivity index (χ1) is 10.5. The minimum absolute atomic E-state index is 0.286. The molecule has 3 aromatic rings. The molecule has 0 radical (unpaired) electrons. The molecule has 3 heterocycles. The third kappa shape index (κ3) is 2.90. The molecule has 0 aliphatic carbocycles. The van der Waals surface area contributed by atoms with Gasteiger partial charge in [-0.3, -0.25) is 14.2 Å². The number of aryl methyl sites for hydroxylation is 3. The van der Waals surface area contributed by atoms with Gasteiger partial charge in [-0.2, -0.15) is 15.3 Å². The number of rotatable bonds is 4. The highest BCUT2D eigenvalue weighted by Gasteiger charge is 2.11. The van der Waals surface area contributed by atoms with Gasteiger partial charge in [0.25, 0.3) is 5.91 Å². The first-order valence-electron chi connectivity index (χ1n) is 6.87. The van der Waals surface area contributed by atoms with Crippen LogP contribution in [-0.4, -0.2) is 35.2 Å². The summed E-state index contributed by atoms with van der Waals surface area (Å²) in [5.41, 5.74) is 2.34. The molecule has 0 fully saturated rings. The van der Waals surface area contributed by atoms with Gasteiger partial charge in [0.15, 0.2) is 11.5 Å². The van der Waals surface area contributed by atoms with Crippen molar-refractivity contribution in [2.75, 3.05) is 5.32 Å². The van der Waals surface area contributed by atoms with Gasteiger partial charge in [-0.25, -0.2) is 4.68 Å². The van der Waals surface area contributed by atoms with Gasteiger partial charge in [0.05, 0.1) is 5.69 Å². The molecule has 0 aliphatic heterocycles. The number of anilines is 1. The highest BCUT2D eigenvalue weighted by molar-refractivity contribution is 6.02. The molecule has 0 unspecified atom stereocenters. The molecule has 0 spiro atoms. The number of hydrogen-bond donors (Lipinski definition) is 1. The Morgan fingerprint density at radius 2 is 2.00 bits per heavy atom. The van der Waals surface area contributed by atoms with Crippen molar-refractivity contribution in [3.8, 4) is 0 Å². The molecule has 22 heavy (non-hydrogen) atoms. The number of hydrogen-bond acceptors (Lipinski definition) is 4. The van der Waals surface area contributed by atoms with Crippen LogP contribution in [0.25, 0.3) is 0 Å².